The van der Waals surface area contributed by atoms with Gasteiger partial charge in [-0.3, -0.25) is 9.36 Å². The Bertz CT molecular complexity index is 606. The van der Waals surface area contributed by atoms with Gasteiger partial charge in [0.05, 0.1) is 10.4 Å². The first-order valence-corrected chi connectivity index (χ1v) is 4.71. The van der Waals surface area contributed by atoms with E-state index in [9.17, 15) is 9.18 Å². The van der Waals surface area contributed by atoms with Crippen molar-refractivity contribution < 1.29 is 4.39 Å². The molecule has 5 heteroatoms. The van der Waals surface area contributed by atoms with Crippen molar-refractivity contribution >= 4 is 22.5 Å². The second kappa shape index (κ2) is 3.31. The third-order valence-electron chi connectivity index (χ3n) is 2.36. The molecule has 0 radical (unpaired) electrons. The van der Waals surface area contributed by atoms with E-state index in [1.807, 2.05) is 0 Å². The van der Waals surface area contributed by atoms with Crippen LogP contribution in [-0.2, 0) is 7.05 Å². The van der Waals surface area contributed by atoms with Gasteiger partial charge in [-0.25, -0.2) is 9.37 Å². The second-order valence-electron chi connectivity index (χ2n) is 3.28. The first-order valence-electron chi connectivity index (χ1n) is 4.33. The molecule has 1 aromatic heterocycles. The minimum absolute atomic E-state index is 0.0306. The van der Waals surface area contributed by atoms with Gasteiger partial charge in [0.2, 0.25) is 0 Å². The largest absolute Gasteiger partial charge is 0.299 e. The Hall–Kier alpha value is -1.42. The van der Waals surface area contributed by atoms with Gasteiger partial charge in [0, 0.05) is 7.05 Å². The monoisotopic (exact) mass is 226 g/mol. The zero-order chi connectivity index (χ0) is 11.2. The van der Waals surface area contributed by atoms with Gasteiger partial charge in [0.1, 0.15) is 17.2 Å². The summed E-state index contributed by atoms with van der Waals surface area (Å²) in [6.45, 7) is 1.64. The van der Waals surface area contributed by atoms with Gasteiger partial charge in [0.15, 0.2) is 0 Å². The first kappa shape index (κ1) is 10.1. The highest BCUT2D eigenvalue weighted by molar-refractivity contribution is 6.35. The highest BCUT2D eigenvalue weighted by atomic mass is 35.5. The van der Waals surface area contributed by atoms with Gasteiger partial charge >= 0.3 is 0 Å². The number of aryl methyl sites for hydroxylation is 1. The standard InChI is InChI=1S/C10H8ClFN2O/c1-5-13-9-7(12)4-3-6(11)8(9)10(15)14(5)2/h3-4H,1-2H3. The summed E-state index contributed by atoms with van der Waals surface area (Å²) in [6, 6.07) is 2.56. The molecule has 0 aliphatic heterocycles. The maximum Gasteiger partial charge on any atom is 0.262 e. The molecule has 78 valence electrons. The van der Waals surface area contributed by atoms with E-state index in [1.165, 1.54) is 16.7 Å². The summed E-state index contributed by atoms with van der Waals surface area (Å²) in [6.07, 6.45) is 0. The Balaban J connectivity index is 3.12. The van der Waals surface area contributed by atoms with Gasteiger partial charge in [-0.15, -0.1) is 0 Å². The van der Waals surface area contributed by atoms with Crippen LogP contribution in [0, 0.1) is 12.7 Å². The Morgan fingerprint density at radius 3 is 2.80 bits per heavy atom. The lowest BCUT2D eigenvalue weighted by Gasteiger charge is -2.06. The molecule has 0 amide bonds. The van der Waals surface area contributed by atoms with Crippen LogP contribution in [0.4, 0.5) is 4.39 Å². The SMILES string of the molecule is Cc1nc2c(F)ccc(Cl)c2c(=O)n1C. The number of benzene rings is 1. The van der Waals surface area contributed by atoms with Crippen LogP contribution >= 0.6 is 11.6 Å². The van der Waals surface area contributed by atoms with Crippen molar-refractivity contribution in [1.29, 1.82) is 0 Å². The van der Waals surface area contributed by atoms with Crippen molar-refractivity contribution in [3.8, 4) is 0 Å². The van der Waals surface area contributed by atoms with Crippen molar-refractivity contribution in [2.24, 2.45) is 7.05 Å². The molecule has 1 aromatic carbocycles. The molecule has 0 bridgehead atoms. The molecule has 0 atom stereocenters. The molecule has 2 rings (SSSR count). The third-order valence-corrected chi connectivity index (χ3v) is 2.67. The van der Waals surface area contributed by atoms with Crippen LogP contribution in [0.2, 0.25) is 5.02 Å². The van der Waals surface area contributed by atoms with Gasteiger partial charge in [-0.05, 0) is 19.1 Å². The highest BCUT2D eigenvalue weighted by Gasteiger charge is 2.12. The van der Waals surface area contributed by atoms with Crippen LogP contribution < -0.4 is 5.56 Å². The number of rotatable bonds is 0. The van der Waals surface area contributed by atoms with Crippen LogP contribution in [0.1, 0.15) is 5.82 Å². The lowest BCUT2D eigenvalue weighted by atomic mass is 10.2. The second-order valence-corrected chi connectivity index (χ2v) is 3.68. The molecule has 0 unspecified atom stereocenters. The van der Waals surface area contributed by atoms with Crippen molar-refractivity contribution in [2.75, 3.05) is 0 Å². The lowest BCUT2D eigenvalue weighted by Crippen LogP contribution is -2.21. The van der Waals surface area contributed by atoms with Crippen LogP contribution in [0.3, 0.4) is 0 Å². The maximum absolute atomic E-state index is 13.4. The molecule has 0 saturated heterocycles. The molecule has 3 nitrogen and oxygen atoms in total. The van der Waals surface area contributed by atoms with Gasteiger partial charge < -0.3 is 0 Å². The molecule has 0 aliphatic carbocycles. The molecule has 0 spiro atoms. The van der Waals surface area contributed by atoms with E-state index < -0.39 is 5.82 Å². The summed E-state index contributed by atoms with van der Waals surface area (Å²) in [5.41, 5.74) is -0.301. The Morgan fingerprint density at radius 1 is 1.47 bits per heavy atom. The van der Waals surface area contributed by atoms with Gasteiger partial charge in [-0.2, -0.15) is 0 Å². The number of aromatic nitrogens is 2. The fourth-order valence-corrected chi connectivity index (χ4v) is 1.64. The molecule has 2 aromatic rings. The van der Waals surface area contributed by atoms with E-state index in [0.717, 1.165) is 0 Å². The Kier molecular flexibility index (Phi) is 2.23. The van der Waals surface area contributed by atoms with Crippen molar-refractivity contribution in [3.05, 3.63) is 39.2 Å². The van der Waals surface area contributed by atoms with E-state index >= 15 is 0 Å². The minimum atomic E-state index is -0.532. The van der Waals surface area contributed by atoms with Gasteiger partial charge in [0.25, 0.3) is 5.56 Å². The molecular weight excluding hydrogens is 219 g/mol. The Labute approximate surface area is 90.1 Å². The third kappa shape index (κ3) is 1.41. The summed E-state index contributed by atoms with van der Waals surface area (Å²) in [5, 5.41) is 0.351. The lowest BCUT2D eigenvalue weighted by molar-refractivity contribution is 0.634. The molecule has 0 saturated carbocycles. The summed E-state index contributed by atoms with van der Waals surface area (Å²) >= 11 is 5.84. The smallest absolute Gasteiger partial charge is 0.262 e. The predicted octanol–water partition coefficient (Wildman–Crippen LogP) is 2.03. The molecule has 1 heterocycles. The average molecular weight is 227 g/mol. The highest BCUT2D eigenvalue weighted by Crippen LogP contribution is 2.21. The van der Waals surface area contributed by atoms with Crippen LogP contribution in [0.25, 0.3) is 10.9 Å². The zero-order valence-corrected chi connectivity index (χ0v) is 8.97. The predicted molar refractivity (Wildman–Crippen MR) is 56.7 cm³/mol. The number of hydrogen-bond acceptors (Lipinski definition) is 2. The van der Waals surface area contributed by atoms with E-state index in [2.05, 4.69) is 4.98 Å². The van der Waals surface area contributed by atoms with Crippen LogP contribution in [-0.4, -0.2) is 9.55 Å². The number of halogens is 2. The van der Waals surface area contributed by atoms with Crippen molar-refractivity contribution in [2.45, 2.75) is 6.92 Å². The maximum atomic E-state index is 13.4. The van der Waals surface area contributed by atoms with Crippen molar-refractivity contribution in [1.82, 2.24) is 9.55 Å². The summed E-state index contributed by atoms with van der Waals surface area (Å²) < 4.78 is 14.7. The molecule has 15 heavy (non-hydrogen) atoms. The van der Waals surface area contributed by atoms with E-state index in [1.54, 1.807) is 14.0 Å². The molecular formula is C10H8ClFN2O. The molecule has 0 aliphatic rings. The number of fused-ring (bicyclic) bond motifs is 1. The summed E-state index contributed by atoms with van der Waals surface area (Å²) in [4.78, 5) is 15.8. The molecule has 0 fully saturated rings. The van der Waals surface area contributed by atoms with Gasteiger partial charge in [-0.1, -0.05) is 11.6 Å². The number of hydrogen-bond donors (Lipinski definition) is 0. The number of nitrogens with zero attached hydrogens (tertiary/aromatic N) is 2. The fourth-order valence-electron chi connectivity index (χ4n) is 1.41. The normalized spacial score (nSPS) is 10.9. The fraction of sp³-hybridized carbons (Fsp3) is 0.200. The van der Waals surface area contributed by atoms with Crippen LogP contribution in [0.15, 0.2) is 16.9 Å². The topological polar surface area (TPSA) is 34.9 Å². The Morgan fingerprint density at radius 2 is 2.13 bits per heavy atom. The van der Waals surface area contributed by atoms with E-state index in [4.69, 9.17) is 11.6 Å². The zero-order valence-electron chi connectivity index (χ0n) is 8.21. The summed E-state index contributed by atoms with van der Waals surface area (Å²) in [7, 11) is 1.57. The van der Waals surface area contributed by atoms with Crippen molar-refractivity contribution in [3.63, 3.8) is 0 Å². The minimum Gasteiger partial charge on any atom is -0.299 e. The van der Waals surface area contributed by atoms with E-state index in [0.29, 0.717) is 5.82 Å². The summed E-state index contributed by atoms with van der Waals surface area (Å²) in [5.74, 6) is -0.0798. The van der Waals surface area contributed by atoms with Crippen LogP contribution in [0.5, 0.6) is 0 Å². The quantitative estimate of drug-likeness (QED) is 0.689. The van der Waals surface area contributed by atoms with E-state index in [-0.39, 0.29) is 21.5 Å². The first-order chi connectivity index (χ1) is 7.02. The molecule has 0 N–H and O–H groups in total. The average Bonchev–Trinajstić information content (AvgIpc) is 2.20.